The first-order valence-electron chi connectivity index (χ1n) is 14.2. The molecule has 12 heteroatoms. The Balaban J connectivity index is 1.35. The van der Waals surface area contributed by atoms with Crippen LogP contribution in [-0.2, 0) is 21.1 Å². The molecule has 0 aliphatic carbocycles. The molecule has 0 aliphatic heterocycles. The molecule has 0 aliphatic rings. The third-order valence-electron chi connectivity index (χ3n) is 7.32. The highest BCUT2D eigenvalue weighted by Crippen LogP contribution is 2.34. The molecule has 1 amide bonds. The Hall–Kier alpha value is -4.97. The van der Waals surface area contributed by atoms with Crippen LogP contribution in [0.25, 0.3) is 55.7 Å². The van der Waals surface area contributed by atoms with Gasteiger partial charge in [-0.3, -0.25) is 24.8 Å². The number of anilines is 1. The highest BCUT2D eigenvalue weighted by Gasteiger charge is 2.17. The fraction of sp³-hybridized carbons (Fsp3) is 0.219. The van der Waals surface area contributed by atoms with Crippen LogP contribution in [0.1, 0.15) is 31.7 Å². The molecule has 5 aromatic heterocycles. The van der Waals surface area contributed by atoms with Crippen LogP contribution in [0.15, 0.2) is 67.3 Å². The van der Waals surface area contributed by atoms with E-state index in [4.69, 9.17) is 0 Å². The van der Waals surface area contributed by atoms with E-state index in [1.54, 1.807) is 30.9 Å². The Morgan fingerprint density at radius 3 is 2.61 bits per heavy atom. The number of benzene rings is 1. The van der Waals surface area contributed by atoms with E-state index in [0.717, 1.165) is 52.2 Å². The second-order valence-corrected chi connectivity index (χ2v) is 13.1. The first-order valence-corrected chi connectivity index (χ1v) is 16.3. The second kappa shape index (κ2) is 12.0. The molecule has 0 fully saturated rings. The van der Waals surface area contributed by atoms with Crippen LogP contribution in [0.4, 0.5) is 10.1 Å². The minimum absolute atomic E-state index is 0.0534. The molecule has 6 rings (SSSR count). The second-order valence-electron chi connectivity index (χ2n) is 10.8. The van der Waals surface area contributed by atoms with Gasteiger partial charge in [0.2, 0.25) is 5.91 Å². The Kier molecular flexibility index (Phi) is 7.92. The van der Waals surface area contributed by atoms with Gasteiger partial charge in [0, 0.05) is 52.5 Å². The molecule has 10 nitrogen and oxygen atoms in total. The Bertz CT molecular complexity index is 2120. The number of hydrogen-bond acceptors (Lipinski definition) is 7. The van der Waals surface area contributed by atoms with E-state index >= 15 is 0 Å². The zero-order valence-corrected chi connectivity index (χ0v) is 25.0. The van der Waals surface area contributed by atoms with Gasteiger partial charge in [-0.1, -0.05) is 13.3 Å². The molecule has 3 N–H and O–H groups in total. The Labute approximate surface area is 253 Å². The molecule has 1 aromatic carbocycles. The number of nitrogens with one attached hydrogen (secondary N) is 3. The number of pyridine rings is 3. The summed E-state index contributed by atoms with van der Waals surface area (Å²) in [5.74, 6) is -0.584. The summed E-state index contributed by atoms with van der Waals surface area (Å²) in [4.78, 5) is 29.1. The summed E-state index contributed by atoms with van der Waals surface area (Å²) in [6.07, 6.45) is 10.2. The minimum atomic E-state index is -3.20. The van der Waals surface area contributed by atoms with Crippen LogP contribution in [0, 0.1) is 5.82 Å². The monoisotopic (exact) mass is 611 g/mol. The van der Waals surface area contributed by atoms with E-state index in [9.17, 15) is 17.6 Å². The lowest BCUT2D eigenvalue weighted by Gasteiger charge is -2.07. The number of halogens is 1. The molecule has 5 heterocycles. The zero-order valence-electron chi connectivity index (χ0n) is 24.2. The number of carbonyl (C=O) groups is 1. The lowest BCUT2D eigenvalue weighted by molar-refractivity contribution is -0.116. The number of amides is 1. The average Bonchev–Trinajstić information content (AvgIpc) is 3.62. The van der Waals surface area contributed by atoms with Gasteiger partial charge < -0.3 is 10.3 Å². The van der Waals surface area contributed by atoms with Crippen molar-refractivity contribution in [2.24, 2.45) is 0 Å². The molecule has 0 spiro atoms. The fourth-order valence-electron chi connectivity index (χ4n) is 5.14. The van der Waals surface area contributed by atoms with Crippen molar-refractivity contribution in [2.75, 3.05) is 17.3 Å². The molecule has 6 aromatic rings. The van der Waals surface area contributed by atoms with Crippen molar-refractivity contribution in [1.82, 2.24) is 30.1 Å². The van der Waals surface area contributed by atoms with Crippen molar-refractivity contribution >= 4 is 43.2 Å². The molecule has 224 valence electrons. The number of aromatic nitrogens is 6. The summed E-state index contributed by atoms with van der Waals surface area (Å²) in [6.45, 7) is 2.04. The van der Waals surface area contributed by atoms with Crippen LogP contribution < -0.4 is 5.32 Å². The highest BCUT2D eigenvalue weighted by molar-refractivity contribution is 7.90. The first-order chi connectivity index (χ1) is 21.2. The lowest BCUT2D eigenvalue weighted by Crippen LogP contribution is -2.11. The van der Waals surface area contributed by atoms with Crippen LogP contribution >= 0.6 is 0 Å². The van der Waals surface area contributed by atoms with E-state index in [-0.39, 0.29) is 18.1 Å². The Morgan fingerprint density at radius 1 is 0.955 bits per heavy atom. The number of aryl methyl sites for hydroxylation is 1. The van der Waals surface area contributed by atoms with Crippen molar-refractivity contribution in [3.63, 3.8) is 0 Å². The van der Waals surface area contributed by atoms with Gasteiger partial charge in [0.25, 0.3) is 0 Å². The van der Waals surface area contributed by atoms with Gasteiger partial charge in [-0.25, -0.2) is 12.8 Å². The predicted octanol–water partition coefficient (Wildman–Crippen LogP) is 6.09. The maximum absolute atomic E-state index is 14.6. The maximum Gasteiger partial charge on any atom is 0.224 e. The number of H-pyrrole nitrogens is 2. The number of fused-ring (bicyclic) bond motifs is 2. The summed E-state index contributed by atoms with van der Waals surface area (Å²) in [7, 11) is -3.20. The number of hydrogen-bond donors (Lipinski definition) is 3. The number of aromatic amines is 2. The summed E-state index contributed by atoms with van der Waals surface area (Å²) in [5, 5.41) is 12.1. The van der Waals surface area contributed by atoms with E-state index in [1.807, 2.05) is 31.2 Å². The van der Waals surface area contributed by atoms with Gasteiger partial charge in [-0.2, -0.15) is 5.10 Å². The van der Waals surface area contributed by atoms with Crippen LogP contribution in [0.2, 0.25) is 0 Å². The van der Waals surface area contributed by atoms with Crippen LogP contribution in [0.5, 0.6) is 0 Å². The van der Waals surface area contributed by atoms with Gasteiger partial charge in [0.05, 0.1) is 46.4 Å². The van der Waals surface area contributed by atoms with Gasteiger partial charge >= 0.3 is 0 Å². The largest absolute Gasteiger partial charge is 0.353 e. The molecule has 0 saturated carbocycles. The molecular weight excluding hydrogens is 581 g/mol. The van der Waals surface area contributed by atoms with E-state index in [0.29, 0.717) is 40.3 Å². The molecule has 0 saturated heterocycles. The van der Waals surface area contributed by atoms with E-state index in [1.165, 1.54) is 12.1 Å². The smallest absolute Gasteiger partial charge is 0.224 e. The quantitative estimate of drug-likeness (QED) is 0.170. The predicted molar refractivity (Wildman–Crippen MR) is 169 cm³/mol. The summed E-state index contributed by atoms with van der Waals surface area (Å²) in [5.41, 5.74) is 6.62. The summed E-state index contributed by atoms with van der Waals surface area (Å²) >= 11 is 0. The number of nitrogens with zero attached hydrogens (tertiary/aromatic N) is 4. The highest BCUT2D eigenvalue weighted by atomic mass is 32.2. The molecule has 0 bridgehead atoms. The van der Waals surface area contributed by atoms with Crippen LogP contribution in [0.3, 0.4) is 0 Å². The molecule has 0 atom stereocenters. The van der Waals surface area contributed by atoms with Crippen LogP contribution in [-0.4, -0.2) is 56.5 Å². The summed E-state index contributed by atoms with van der Waals surface area (Å²) in [6, 6.07) is 12.0. The number of unbranched alkanes of at least 4 members (excludes halogenated alkanes) is 1. The Morgan fingerprint density at radius 2 is 1.80 bits per heavy atom. The normalized spacial score (nSPS) is 11.8. The standard InChI is InChI=1S/C32H30FN7O3S/c1-3-4-5-30(41)37-23-13-21(16-34-17-23)27-14-25-29(18-36-27)39-40-32(25)28-15-24-26(38-28)6-8-35-31(24)20-10-19(11-22(33)12-20)7-9-44(2,42)43/h6,8,10-18,38H,3-5,7,9H2,1-2H3,(H,37,41)(H,39,40). The molecular formula is C32H30FN7O3S. The molecule has 0 unspecified atom stereocenters. The van der Waals surface area contributed by atoms with E-state index < -0.39 is 15.7 Å². The minimum Gasteiger partial charge on any atom is -0.353 e. The van der Waals surface area contributed by atoms with Crippen molar-refractivity contribution in [1.29, 1.82) is 0 Å². The average molecular weight is 612 g/mol. The first kappa shape index (κ1) is 29.1. The SMILES string of the molecule is CCCCC(=O)Nc1cncc(-c2cc3c(-c4cc5c(-c6cc(F)cc(CCS(C)(=O)=O)c6)nccc5[nH]4)n[nH]c3cn2)c1. The van der Waals surface area contributed by atoms with Gasteiger partial charge in [-0.15, -0.1) is 0 Å². The van der Waals surface area contributed by atoms with Gasteiger partial charge in [0.1, 0.15) is 21.3 Å². The lowest BCUT2D eigenvalue weighted by atomic mass is 10.0. The summed E-state index contributed by atoms with van der Waals surface area (Å²) < 4.78 is 38.0. The van der Waals surface area contributed by atoms with E-state index in [2.05, 4.69) is 35.5 Å². The van der Waals surface area contributed by atoms with Crippen molar-refractivity contribution < 1.29 is 17.6 Å². The van der Waals surface area contributed by atoms with Crippen molar-refractivity contribution in [3.05, 3.63) is 78.6 Å². The number of rotatable bonds is 10. The third kappa shape index (κ3) is 6.35. The maximum atomic E-state index is 14.6. The zero-order chi connectivity index (χ0) is 30.8. The molecule has 0 radical (unpaired) electrons. The van der Waals surface area contributed by atoms with Crippen molar-refractivity contribution in [2.45, 2.75) is 32.6 Å². The molecule has 44 heavy (non-hydrogen) atoms. The van der Waals surface area contributed by atoms with Gasteiger partial charge in [-0.05, 0) is 60.9 Å². The third-order valence-corrected chi connectivity index (χ3v) is 8.26. The number of sulfone groups is 1. The number of carbonyl (C=O) groups excluding carboxylic acids is 1. The topological polar surface area (TPSA) is 146 Å². The fourth-order valence-corrected chi connectivity index (χ4v) is 5.74. The van der Waals surface area contributed by atoms with Crippen molar-refractivity contribution in [3.8, 4) is 33.9 Å². The van der Waals surface area contributed by atoms with Gasteiger partial charge in [0.15, 0.2) is 0 Å².